The van der Waals surface area contributed by atoms with E-state index in [0.717, 1.165) is 6.42 Å². The van der Waals surface area contributed by atoms with Crippen LogP contribution in [0.15, 0.2) is 0 Å². The maximum Gasteiger partial charge on any atom is 0.311 e. The summed E-state index contributed by atoms with van der Waals surface area (Å²) in [6.45, 7) is 7.87. The number of methoxy groups -OCH3 is 1. The van der Waals surface area contributed by atoms with E-state index < -0.39 is 5.41 Å². The normalized spacial score (nSPS) is 13.0. The van der Waals surface area contributed by atoms with Crippen molar-refractivity contribution in [2.75, 3.05) is 13.7 Å². The molecule has 17 heavy (non-hydrogen) atoms. The number of carbonyl (C=O) groups is 2. The molecule has 0 aromatic carbocycles. The van der Waals surface area contributed by atoms with Crippen LogP contribution >= 0.6 is 0 Å². The van der Waals surface area contributed by atoms with Gasteiger partial charge in [-0.15, -0.1) is 0 Å². The first-order valence-electron chi connectivity index (χ1n) is 6.10. The third-order valence-corrected chi connectivity index (χ3v) is 3.05. The lowest BCUT2D eigenvalue weighted by Crippen LogP contribution is -2.26. The fraction of sp³-hybridized carbons (Fsp3) is 0.846. The molecule has 0 amide bonds. The fourth-order valence-electron chi connectivity index (χ4n) is 1.21. The highest BCUT2D eigenvalue weighted by Gasteiger charge is 2.26. The van der Waals surface area contributed by atoms with Gasteiger partial charge in [-0.1, -0.05) is 13.8 Å². The van der Waals surface area contributed by atoms with Crippen molar-refractivity contribution in [1.82, 2.24) is 0 Å². The second kappa shape index (κ2) is 7.30. The molecule has 0 aromatic heterocycles. The van der Waals surface area contributed by atoms with Gasteiger partial charge in [-0.3, -0.25) is 9.59 Å². The second-order valence-corrected chi connectivity index (χ2v) is 4.94. The Morgan fingerprint density at radius 2 is 1.88 bits per heavy atom. The number of esters is 2. The summed E-state index contributed by atoms with van der Waals surface area (Å²) < 4.78 is 9.79. The zero-order chi connectivity index (χ0) is 13.5. The fourth-order valence-corrected chi connectivity index (χ4v) is 1.21. The van der Waals surface area contributed by atoms with E-state index in [-0.39, 0.29) is 17.9 Å². The zero-order valence-corrected chi connectivity index (χ0v) is 11.5. The van der Waals surface area contributed by atoms with E-state index in [0.29, 0.717) is 19.4 Å². The molecule has 0 saturated heterocycles. The highest BCUT2D eigenvalue weighted by atomic mass is 16.5. The molecule has 1 unspecified atom stereocenters. The predicted molar refractivity (Wildman–Crippen MR) is 65.4 cm³/mol. The molecule has 0 heterocycles. The molecular formula is C13H24O4. The molecule has 4 nitrogen and oxygen atoms in total. The zero-order valence-electron chi connectivity index (χ0n) is 11.5. The Labute approximate surface area is 104 Å². The van der Waals surface area contributed by atoms with Crippen LogP contribution in [0.2, 0.25) is 0 Å². The lowest BCUT2D eigenvalue weighted by atomic mass is 9.91. The van der Waals surface area contributed by atoms with Gasteiger partial charge >= 0.3 is 11.9 Å². The number of hydrogen-bond donors (Lipinski definition) is 0. The van der Waals surface area contributed by atoms with E-state index in [9.17, 15) is 9.59 Å². The quantitative estimate of drug-likeness (QED) is 0.510. The first-order chi connectivity index (χ1) is 7.85. The van der Waals surface area contributed by atoms with E-state index in [1.54, 1.807) is 0 Å². The molecule has 0 radical (unpaired) electrons. The molecule has 0 bridgehead atoms. The Bertz CT molecular complexity index is 258. The van der Waals surface area contributed by atoms with Gasteiger partial charge in [0.25, 0.3) is 0 Å². The Morgan fingerprint density at radius 3 is 2.35 bits per heavy atom. The van der Waals surface area contributed by atoms with Gasteiger partial charge in [-0.2, -0.15) is 0 Å². The Morgan fingerprint density at radius 1 is 1.29 bits per heavy atom. The third kappa shape index (κ3) is 5.71. The van der Waals surface area contributed by atoms with Gasteiger partial charge in [0, 0.05) is 0 Å². The van der Waals surface area contributed by atoms with Crippen molar-refractivity contribution in [3.05, 3.63) is 0 Å². The Kier molecular flexibility index (Phi) is 6.85. The average Bonchev–Trinajstić information content (AvgIpc) is 2.32. The van der Waals surface area contributed by atoms with Gasteiger partial charge in [-0.05, 0) is 33.1 Å². The van der Waals surface area contributed by atoms with Gasteiger partial charge in [0.1, 0.15) is 0 Å². The summed E-state index contributed by atoms with van der Waals surface area (Å²) in [5, 5.41) is 0. The lowest BCUT2D eigenvalue weighted by Gasteiger charge is -2.20. The molecule has 0 rings (SSSR count). The van der Waals surface area contributed by atoms with Crippen molar-refractivity contribution >= 4 is 11.9 Å². The van der Waals surface area contributed by atoms with Crippen molar-refractivity contribution < 1.29 is 19.1 Å². The minimum atomic E-state index is -0.423. The summed E-state index contributed by atoms with van der Waals surface area (Å²) in [5.74, 6) is -0.533. The van der Waals surface area contributed by atoms with Crippen LogP contribution in [0.4, 0.5) is 0 Å². The molecule has 4 heteroatoms. The smallest absolute Gasteiger partial charge is 0.311 e. The van der Waals surface area contributed by atoms with Crippen molar-refractivity contribution in [1.29, 1.82) is 0 Å². The van der Waals surface area contributed by atoms with Crippen molar-refractivity contribution in [2.24, 2.45) is 11.3 Å². The average molecular weight is 244 g/mol. The molecule has 0 aliphatic heterocycles. The number of rotatable bonds is 7. The molecule has 0 fully saturated rings. The summed E-state index contributed by atoms with van der Waals surface area (Å²) in [6.07, 6.45) is 2.11. The molecule has 0 spiro atoms. The van der Waals surface area contributed by atoms with Crippen LogP contribution in [0.5, 0.6) is 0 Å². The highest BCUT2D eigenvalue weighted by Crippen LogP contribution is 2.21. The lowest BCUT2D eigenvalue weighted by molar-refractivity contribution is -0.154. The molecule has 0 aliphatic rings. The molecule has 0 aromatic rings. The molecule has 0 aliphatic carbocycles. The molecule has 0 N–H and O–H groups in total. The van der Waals surface area contributed by atoms with Crippen LogP contribution in [0.3, 0.4) is 0 Å². The summed E-state index contributed by atoms with van der Waals surface area (Å²) in [6, 6.07) is 0. The van der Waals surface area contributed by atoms with E-state index in [4.69, 9.17) is 4.74 Å². The summed E-state index contributed by atoms with van der Waals surface area (Å²) in [7, 11) is 1.38. The van der Waals surface area contributed by atoms with Crippen LogP contribution in [0.1, 0.15) is 47.0 Å². The van der Waals surface area contributed by atoms with Gasteiger partial charge in [0.15, 0.2) is 0 Å². The van der Waals surface area contributed by atoms with Gasteiger partial charge in [0.05, 0.1) is 25.0 Å². The first-order valence-corrected chi connectivity index (χ1v) is 6.10. The van der Waals surface area contributed by atoms with Gasteiger partial charge < -0.3 is 9.47 Å². The predicted octanol–water partition coefficient (Wildman–Crippen LogP) is 2.56. The number of ether oxygens (including phenoxy) is 2. The van der Waals surface area contributed by atoms with Crippen molar-refractivity contribution in [2.45, 2.75) is 47.0 Å². The minimum absolute atomic E-state index is 0.141. The summed E-state index contributed by atoms with van der Waals surface area (Å²) in [4.78, 5) is 22.7. The molecular weight excluding hydrogens is 220 g/mol. The first kappa shape index (κ1) is 15.9. The van der Waals surface area contributed by atoms with Crippen molar-refractivity contribution in [3.63, 3.8) is 0 Å². The topological polar surface area (TPSA) is 52.6 Å². The van der Waals surface area contributed by atoms with Crippen LogP contribution in [-0.4, -0.2) is 25.7 Å². The largest absolute Gasteiger partial charge is 0.469 e. The summed E-state index contributed by atoms with van der Waals surface area (Å²) >= 11 is 0. The summed E-state index contributed by atoms with van der Waals surface area (Å²) in [5.41, 5.74) is -0.423. The van der Waals surface area contributed by atoms with E-state index in [1.165, 1.54) is 7.11 Å². The van der Waals surface area contributed by atoms with E-state index in [1.807, 2.05) is 27.7 Å². The second-order valence-electron chi connectivity index (χ2n) is 4.94. The maximum absolute atomic E-state index is 11.6. The maximum atomic E-state index is 11.6. The standard InChI is InChI=1S/C13H24O4/c1-6-13(3,4)12(15)17-9-7-8-10(2)11(14)16-5/h10H,6-9H2,1-5H3. The van der Waals surface area contributed by atoms with E-state index >= 15 is 0 Å². The molecule has 0 saturated carbocycles. The monoisotopic (exact) mass is 244 g/mol. The van der Waals surface area contributed by atoms with E-state index in [2.05, 4.69) is 4.74 Å². The molecule has 1 atom stereocenters. The SMILES string of the molecule is CCC(C)(C)C(=O)OCCCC(C)C(=O)OC. The van der Waals surface area contributed by atoms with Crippen molar-refractivity contribution in [3.8, 4) is 0 Å². The Hall–Kier alpha value is -1.06. The van der Waals surface area contributed by atoms with Crippen LogP contribution in [0.25, 0.3) is 0 Å². The third-order valence-electron chi connectivity index (χ3n) is 3.05. The highest BCUT2D eigenvalue weighted by molar-refractivity contribution is 5.75. The van der Waals surface area contributed by atoms with Crippen LogP contribution < -0.4 is 0 Å². The van der Waals surface area contributed by atoms with Crippen LogP contribution in [-0.2, 0) is 19.1 Å². The van der Waals surface area contributed by atoms with Gasteiger partial charge in [-0.25, -0.2) is 0 Å². The Balaban J connectivity index is 3.79. The van der Waals surface area contributed by atoms with Crippen LogP contribution in [0, 0.1) is 11.3 Å². The molecule has 100 valence electrons. The number of hydrogen-bond acceptors (Lipinski definition) is 4. The minimum Gasteiger partial charge on any atom is -0.469 e. The number of carbonyl (C=O) groups excluding carboxylic acids is 2. The van der Waals surface area contributed by atoms with Gasteiger partial charge in [0.2, 0.25) is 0 Å².